The number of fused-ring (bicyclic) bond motifs is 7. The van der Waals surface area contributed by atoms with Gasteiger partial charge in [-0.1, -0.05) is 211 Å². The molecule has 4 unspecified atom stereocenters. The van der Waals surface area contributed by atoms with Gasteiger partial charge < -0.3 is 10.3 Å². The second-order valence-corrected chi connectivity index (χ2v) is 19.0. The molecule has 1 saturated heterocycles. The molecule has 0 bridgehead atoms. The van der Waals surface area contributed by atoms with Crippen LogP contribution in [0.1, 0.15) is 54.0 Å². The first-order valence-corrected chi connectivity index (χ1v) is 22.2. The average Bonchev–Trinajstić information content (AvgIpc) is 3.81. The number of benzene rings is 8. The fourth-order valence-electron chi connectivity index (χ4n) is 9.95. The van der Waals surface area contributed by atoms with E-state index in [0.717, 1.165) is 17.8 Å². The third-order valence-corrected chi connectivity index (χ3v) is 15.4. The van der Waals surface area contributed by atoms with E-state index in [1.165, 1.54) is 70.7 Å². The molecular formula is C54H45N4Si. The highest BCUT2D eigenvalue weighted by Gasteiger charge is 2.50. The minimum absolute atomic E-state index is 0.0577. The zero-order valence-electron chi connectivity index (χ0n) is 33.3. The molecule has 59 heavy (non-hydrogen) atoms. The van der Waals surface area contributed by atoms with E-state index >= 15 is 0 Å². The van der Waals surface area contributed by atoms with Crippen molar-refractivity contribution in [2.75, 3.05) is 0 Å². The summed E-state index contributed by atoms with van der Waals surface area (Å²) in [7, 11) is -1.19. The van der Waals surface area contributed by atoms with Crippen LogP contribution in [0.2, 0.25) is 0 Å². The van der Waals surface area contributed by atoms with Crippen molar-refractivity contribution >= 4 is 46.2 Å². The molecule has 0 spiro atoms. The molecule has 9 aromatic rings. The summed E-state index contributed by atoms with van der Waals surface area (Å²) in [6.07, 6.45) is -0.293. The van der Waals surface area contributed by atoms with E-state index in [0.29, 0.717) is 0 Å². The Morgan fingerprint density at radius 1 is 0.576 bits per heavy atom. The van der Waals surface area contributed by atoms with Gasteiger partial charge >= 0.3 is 0 Å². The lowest BCUT2D eigenvalue weighted by Crippen LogP contribution is -2.52. The normalized spacial score (nSPS) is 18.2. The van der Waals surface area contributed by atoms with Crippen molar-refractivity contribution < 1.29 is 0 Å². The average molecular weight is 778 g/mol. The maximum absolute atomic E-state index is 7.42. The lowest BCUT2D eigenvalue weighted by atomic mass is 9.81. The number of nitrogens with zero attached hydrogens (tertiary/aromatic N) is 3. The monoisotopic (exact) mass is 777 g/mol. The smallest absolute Gasteiger partial charge is 0.154 e. The molecule has 5 heteroatoms. The van der Waals surface area contributed by atoms with E-state index in [9.17, 15) is 0 Å². The van der Waals surface area contributed by atoms with Gasteiger partial charge in [-0.25, -0.2) is 5.01 Å². The number of rotatable bonds is 9. The molecule has 11 rings (SSSR count). The number of para-hydroxylation sites is 1. The number of hydrazine groups is 1. The minimum Gasteiger partial charge on any atom is -0.311 e. The van der Waals surface area contributed by atoms with Crippen LogP contribution in [-0.4, -0.2) is 23.4 Å². The third kappa shape index (κ3) is 5.92. The van der Waals surface area contributed by atoms with E-state index in [1.807, 2.05) is 0 Å². The molecule has 1 aromatic heterocycles. The number of hydrogen-bond donors (Lipinski definition) is 1. The van der Waals surface area contributed by atoms with Crippen molar-refractivity contribution in [2.45, 2.75) is 38.1 Å². The molecule has 1 radical (unpaired) electrons. The van der Waals surface area contributed by atoms with Crippen LogP contribution in [0.25, 0.3) is 38.6 Å². The van der Waals surface area contributed by atoms with E-state index < -0.39 is 8.80 Å². The Labute approximate surface area is 348 Å². The summed E-state index contributed by atoms with van der Waals surface area (Å²) in [5, 5.41) is 11.5. The number of hydrogen-bond acceptors (Lipinski definition) is 3. The Morgan fingerprint density at radius 2 is 1.22 bits per heavy atom. The fraction of sp³-hybridized carbons (Fsp3) is 0.111. The fourth-order valence-corrected chi connectivity index (χ4v) is 12.6. The van der Waals surface area contributed by atoms with Gasteiger partial charge in [0, 0.05) is 28.4 Å². The molecule has 2 N–H and O–H groups in total. The molecule has 2 heterocycles. The van der Waals surface area contributed by atoms with E-state index in [-0.39, 0.29) is 17.7 Å². The molecule has 0 amide bonds. The first-order valence-electron chi connectivity index (χ1n) is 20.7. The molecule has 4 nitrogen and oxygen atoms in total. The summed E-state index contributed by atoms with van der Waals surface area (Å²) in [5.41, 5.74) is 19.9. The van der Waals surface area contributed by atoms with Gasteiger partial charge in [-0.05, 0) is 57.1 Å². The van der Waals surface area contributed by atoms with Gasteiger partial charge in [0.25, 0.3) is 0 Å². The molecule has 285 valence electrons. The summed E-state index contributed by atoms with van der Waals surface area (Å²) in [4.78, 5) is 0. The second-order valence-electron chi connectivity index (χ2n) is 16.5. The largest absolute Gasteiger partial charge is 0.311 e. The van der Waals surface area contributed by atoms with Crippen LogP contribution in [0.3, 0.4) is 0 Å². The van der Waals surface area contributed by atoms with Crippen molar-refractivity contribution in [3.63, 3.8) is 0 Å². The standard InChI is InChI=1S/C54H45N4Si/c1-54(2)48-30-14-12-28-44(48)46-32-33-47-45-29-13-15-31-49(45)57(51(47)50(46)54)40-22-17-21-39(35-40)52(55)58-53(38-19-6-3-7-20-38)56(58)36-37-18-16-27-43(34-37)59(41-23-8-4-9-24-41)42-25-10-5-11-26-42/h3-35,52-53H,36,55H2,1-2H3. The Hall–Kier alpha value is -6.34. The molecule has 1 aliphatic heterocycles. The van der Waals surface area contributed by atoms with E-state index in [4.69, 9.17) is 5.73 Å². The Morgan fingerprint density at radius 3 is 1.98 bits per heavy atom. The molecule has 1 aliphatic carbocycles. The Kier molecular flexibility index (Phi) is 8.61. The van der Waals surface area contributed by atoms with Crippen LogP contribution in [0.15, 0.2) is 200 Å². The molecule has 0 saturated carbocycles. The quantitative estimate of drug-likeness (QED) is 0.0901. The van der Waals surface area contributed by atoms with Gasteiger partial charge in [-0.3, -0.25) is 0 Å². The number of aromatic nitrogens is 1. The lowest BCUT2D eigenvalue weighted by molar-refractivity contribution is 0.237. The van der Waals surface area contributed by atoms with Crippen LogP contribution >= 0.6 is 0 Å². The Bertz CT molecular complexity index is 2950. The zero-order valence-corrected chi connectivity index (χ0v) is 34.3. The van der Waals surface area contributed by atoms with Crippen molar-refractivity contribution in [1.82, 2.24) is 14.6 Å². The van der Waals surface area contributed by atoms with Crippen molar-refractivity contribution in [3.05, 3.63) is 228 Å². The molecule has 1 fully saturated rings. The van der Waals surface area contributed by atoms with Crippen molar-refractivity contribution in [2.24, 2.45) is 5.73 Å². The van der Waals surface area contributed by atoms with Gasteiger partial charge in [0.2, 0.25) is 0 Å². The summed E-state index contributed by atoms with van der Waals surface area (Å²) >= 11 is 0. The Balaban J connectivity index is 0.976. The van der Waals surface area contributed by atoms with Gasteiger partial charge in [0.1, 0.15) is 6.17 Å². The maximum Gasteiger partial charge on any atom is 0.154 e. The zero-order chi connectivity index (χ0) is 39.7. The van der Waals surface area contributed by atoms with Gasteiger partial charge in [0.15, 0.2) is 8.80 Å². The molecule has 8 aromatic carbocycles. The highest BCUT2D eigenvalue weighted by molar-refractivity contribution is 6.95. The van der Waals surface area contributed by atoms with Crippen LogP contribution in [0, 0.1) is 0 Å². The van der Waals surface area contributed by atoms with Crippen LogP contribution in [-0.2, 0) is 12.0 Å². The van der Waals surface area contributed by atoms with Crippen LogP contribution < -0.4 is 21.3 Å². The molecule has 2 aliphatic rings. The van der Waals surface area contributed by atoms with Gasteiger partial charge in [-0.2, -0.15) is 5.01 Å². The van der Waals surface area contributed by atoms with Crippen LogP contribution in [0.4, 0.5) is 0 Å². The van der Waals surface area contributed by atoms with Crippen molar-refractivity contribution in [1.29, 1.82) is 0 Å². The van der Waals surface area contributed by atoms with Gasteiger partial charge in [-0.15, -0.1) is 0 Å². The van der Waals surface area contributed by atoms with Crippen LogP contribution in [0.5, 0.6) is 0 Å². The number of nitrogens with two attached hydrogens (primary N) is 1. The summed E-state index contributed by atoms with van der Waals surface area (Å²) < 4.78 is 2.49. The molecular weight excluding hydrogens is 733 g/mol. The first kappa shape index (κ1) is 35.8. The first-order chi connectivity index (χ1) is 29.0. The lowest BCUT2D eigenvalue weighted by Gasteiger charge is -2.24. The highest BCUT2D eigenvalue weighted by Crippen LogP contribution is 2.53. The highest BCUT2D eigenvalue weighted by atomic mass is 28.3. The molecule has 4 atom stereocenters. The minimum atomic E-state index is -1.19. The van der Waals surface area contributed by atoms with Gasteiger partial charge in [0.05, 0.1) is 17.2 Å². The van der Waals surface area contributed by atoms with E-state index in [1.54, 1.807) is 0 Å². The SMILES string of the molecule is CC1(C)c2ccccc2-c2ccc3c4ccccc4n(-c4cccc(C(N)N5C(c6ccccc6)N5Cc5cccc([Si](c6ccccc6)c6ccccc6)c5)c4)c3c21. The maximum atomic E-state index is 7.42. The topological polar surface area (TPSA) is 37.0 Å². The summed E-state index contributed by atoms with van der Waals surface area (Å²) in [6, 6.07) is 73.4. The summed E-state index contributed by atoms with van der Waals surface area (Å²) in [5.74, 6) is 0. The van der Waals surface area contributed by atoms with E-state index in [2.05, 4.69) is 229 Å². The second kappa shape index (κ2) is 14.2. The predicted molar refractivity (Wildman–Crippen MR) is 246 cm³/mol. The predicted octanol–water partition coefficient (Wildman–Crippen LogP) is 10.00. The third-order valence-electron chi connectivity index (χ3n) is 12.7. The summed E-state index contributed by atoms with van der Waals surface area (Å²) in [6.45, 7) is 5.52. The van der Waals surface area contributed by atoms with Crippen molar-refractivity contribution in [3.8, 4) is 16.8 Å².